The smallest absolute Gasteiger partial charge is 0.419 e. The van der Waals surface area contributed by atoms with Crippen molar-refractivity contribution in [3.05, 3.63) is 59.2 Å². The molecular formula is C21H19F6NO4. The van der Waals surface area contributed by atoms with Gasteiger partial charge in [0.1, 0.15) is 5.75 Å². The summed E-state index contributed by atoms with van der Waals surface area (Å²) in [6, 6.07) is 6.80. The van der Waals surface area contributed by atoms with Gasteiger partial charge in [-0.2, -0.15) is 26.3 Å². The van der Waals surface area contributed by atoms with Crippen LogP contribution in [0.4, 0.5) is 32.0 Å². The lowest BCUT2D eigenvalue weighted by Crippen LogP contribution is -2.31. The van der Waals surface area contributed by atoms with Crippen LogP contribution in [0.25, 0.3) is 0 Å². The van der Waals surface area contributed by atoms with Crippen molar-refractivity contribution in [2.75, 3.05) is 5.32 Å². The number of hydrogen-bond donors (Lipinski definition) is 2. The van der Waals surface area contributed by atoms with Crippen LogP contribution in [0.5, 0.6) is 5.75 Å². The Morgan fingerprint density at radius 1 is 0.969 bits per heavy atom. The summed E-state index contributed by atoms with van der Waals surface area (Å²) in [5.74, 6) is -3.27. The Labute approximate surface area is 179 Å². The second-order valence-electron chi connectivity index (χ2n) is 7.08. The number of nitrogens with one attached hydrogen (secondary N) is 1. The molecule has 0 aliphatic carbocycles. The Bertz CT molecular complexity index is 970. The molecule has 0 aromatic heterocycles. The van der Waals surface area contributed by atoms with Crippen molar-refractivity contribution >= 4 is 17.6 Å². The zero-order valence-electron chi connectivity index (χ0n) is 16.8. The molecule has 5 nitrogen and oxygen atoms in total. The van der Waals surface area contributed by atoms with Crippen LogP contribution in [0.1, 0.15) is 42.9 Å². The number of carboxylic acids is 1. The number of halogens is 6. The second kappa shape index (κ2) is 9.49. The second-order valence-corrected chi connectivity index (χ2v) is 7.08. The molecule has 0 spiro atoms. The van der Waals surface area contributed by atoms with Crippen molar-refractivity contribution in [2.24, 2.45) is 0 Å². The molecule has 174 valence electrons. The molecule has 0 heterocycles. The maximum absolute atomic E-state index is 13.2. The quantitative estimate of drug-likeness (QED) is 0.516. The van der Waals surface area contributed by atoms with Gasteiger partial charge in [-0.15, -0.1) is 0 Å². The molecule has 2 rings (SSSR count). The molecule has 11 heteroatoms. The minimum Gasteiger partial charge on any atom is -0.481 e. The van der Waals surface area contributed by atoms with Gasteiger partial charge in [0.25, 0.3) is 5.91 Å². The fraction of sp³-hybridized carbons (Fsp3) is 0.333. The number of aliphatic carboxylic acids is 1. The summed E-state index contributed by atoms with van der Waals surface area (Å²) in [7, 11) is 0. The van der Waals surface area contributed by atoms with Crippen molar-refractivity contribution in [3.63, 3.8) is 0 Å². The highest BCUT2D eigenvalue weighted by molar-refractivity contribution is 5.94. The summed E-state index contributed by atoms with van der Waals surface area (Å²) >= 11 is 0. The summed E-state index contributed by atoms with van der Waals surface area (Å²) in [5.41, 5.74) is -1.86. The summed E-state index contributed by atoms with van der Waals surface area (Å²) in [6.07, 6.45) is -11.5. The van der Waals surface area contributed by atoms with E-state index in [-0.39, 0.29) is 36.2 Å². The highest BCUT2D eigenvalue weighted by Gasteiger charge is 2.38. The van der Waals surface area contributed by atoms with Gasteiger partial charge in [0, 0.05) is 5.69 Å². The molecule has 0 aliphatic heterocycles. The molecule has 0 aliphatic rings. The molecule has 2 atom stereocenters. The van der Waals surface area contributed by atoms with Crippen molar-refractivity contribution in [1.29, 1.82) is 0 Å². The predicted molar refractivity (Wildman–Crippen MR) is 102 cm³/mol. The molecule has 0 saturated heterocycles. The zero-order valence-corrected chi connectivity index (χ0v) is 16.8. The molecule has 2 aromatic carbocycles. The Morgan fingerprint density at radius 2 is 1.56 bits per heavy atom. The number of hydrogen-bond acceptors (Lipinski definition) is 3. The first-order valence-corrected chi connectivity index (χ1v) is 9.26. The Balaban J connectivity index is 2.16. The van der Waals surface area contributed by atoms with E-state index in [0.29, 0.717) is 5.56 Å². The molecule has 1 amide bonds. The molecule has 2 unspecified atom stereocenters. The number of carboxylic acid groups (broad SMARTS) is 1. The number of benzene rings is 2. The normalized spacial score (nSPS) is 13.9. The fourth-order valence-electron chi connectivity index (χ4n) is 2.79. The third kappa shape index (κ3) is 6.63. The first-order valence-electron chi connectivity index (χ1n) is 9.26. The van der Waals surface area contributed by atoms with Gasteiger partial charge in [-0.1, -0.05) is 19.1 Å². The van der Waals surface area contributed by atoms with Crippen molar-refractivity contribution in [3.8, 4) is 5.75 Å². The molecule has 2 aromatic rings. The number of carbonyl (C=O) groups is 2. The lowest BCUT2D eigenvalue weighted by molar-refractivity contribution is -0.143. The van der Waals surface area contributed by atoms with Gasteiger partial charge in [-0.25, -0.2) is 0 Å². The van der Waals surface area contributed by atoms with Crippen LogP contribution in [0.2, 0.25) is 0 Å². The summed E-state index contributed by atoms with van der Waals surface area (Å²) in [6.45, 7) is 2.80. The lowest BCUT2D eigenvalue weighted by Gasteiger charge is -2.20. The van der Waals surface area contributed by atoms with E-state index in [1.54, 1.807) is 19.1 Å². The topological polar surface area (TPSA) is 75.6 Å². The van der Waals surface area contributed by atoms with Gasteiger partial charge in [0.15, 0.2) is 6.10 Å². The first kappa shape index (κ1) is 25.0. The minimum atomic E-state index is -4.99. The van der Waals surface area contributed by atoms with Crippen LogP contribution in [0, 0.1) is 0 Å². The summed E-state index contributed by atoms with van der Waals surface area (Å²) in [4.78, 5) is 23.1. The van der Waals surface area contributed by atoms with Crippen LogP contribution < -0.4 is 10.1 Å². The fourth-order valence-corrected chi connectivity index (χ4v) is 2.79. The van der Waals surface area contributed by atoms with E-state index in [1.165, 1.54) is 12.1 Å². The van der Waals surface area contributed by atoms with Gasteiger partial charge in [0.2, 0.25) is 0 Å². The number of rotatable bonds is 7. The number of ether oxygens (including phenoxy) is 1. The largest absolute Gasteiger partial charge is 0.481 e. The number of alkyl halides is 6. The van der Waals surface area contributed by atoms with E-state index in [4.69, 9.17) is 9.84 Å². The van der Waals surface area contributed by atoms with Gasteiger partial charge in [0.05, 0.1) is 17.5 Å². The molecule has 32 heavy (non-hydrogen) atoms. The average Bonchev–Trinajstić information content (AvgIpc) is 2.66. The first-order chi connectivity index (χ1) is 14.7. The standard InChI is InChI=1S/C21H19F6NO4/c1-11(9-18(29)30)13-3-6-15(7-4-13)28-19(31)12(2)32-17-10-14(20(22,23)24)5-8-16(17)21(25,26)27/h3-8,10-12H,9H2,1-2H3,(H,28,31)(H,29,30). The number of amides is 1. The molecule has 2 N–H and O–H groups in total. The van der Waals surface area contributed by atoms with E-state index in [9.17, 15) is 35.9 Å². The maximum Gasteiger partial charge on any atom is 0.419 e. The highest BCUT2D eigenvalue weighted by Crippen LogP contribution is 2.40. The maximum atomic E-state index is 13.2. The van der Waals surface area contributed by atoms with Crippen LogP contribution in [0.15, 0.2) is 42.5 Å². The van der Waals surface area contributed by atoms with Gasteiger partial charge in [-0.05, 0) is 48.7 Å². The zero-order chi connectivity index (χ0) is 24.3. The van der Waals surface area contributed by atoms with E-state index < -0.39 is 47.2 Å². The van der Waals surface area contributed by atoms with Crippen LogP contribution in [-0.4, -0.2) is 23.1 Å². The van der Waals surface area contributed by atoms with Gasteiger partial charge >= 0.3 is 18.3 Å². The minimum absolute atomic E-state index is 0.102. The average molecular weight is 463 g/mol. The van der Waals surface area contributed by atoms with Gasteiger partial charge in [-0.3, -0.25) is 9.59 Å². The molecular weight excluding hydrogens is 444 g/mol. The van der Waals surface area contributed by atoms with Crippen LogP contribution in [-0.2, 0) is 21.9 Å². The monoisotopic (exact) mass is 463 g/mol. The van der Waals surface area contributed by atoms with E-state index >= 15 is 0 Å². The lowest BCUT2D eigenvalue weighted by atomic mass is 9.98. The number of carbonyl (C=O) groups excluding carboxylic acids is 1. The van der Waals surface area contributed by atoms with E-state index in [0.717, 1.165) is 6.92 Å². The summed E-state index contributed by atoms with van der Waals surface area (Å²) < 4.78 is 83.1. The Kier molecular flexibility index (Phi) is 7.42. The van der Waals surface area contributed by atoms with Gasteiger partial charge < -0.3 is 15.2 Å². The SMILES string of the molecule is CC(Oc1cc(C(F)(F)F)ccc1C(F)(F)F)C(=O)Nc1ccc(C(C)CC(=O)O)cc1. The number of anilines is 1. The molecule has 0 bridgehead atoms. The van der Waals surface area contributed by atoms with E-state index in [2.05, 4.69) is 5.32 Å². The third-order valence-corrected chi connectivity index (χ3v) is 4.52. The van der Waals surface area contributed by atoms with E-state index in [1.807, 2.05) is 0 Å². The summed E-state index contributed by atoms with van der Waals surface area (Å²) in [5, 5.41) is 11.2. The Morgan fingerprint density at radius 3 is 2.06 bits per heavy atom. The third-order valence-electron chi connectivity index (χ3n) is 4.52. The Hall–Kier alpha value is -3.24. The van der Waals surface area contributed by atoms with Crippen LogP contribution in [0.3, 0.4) is 0 Å². The van der Waals surface area contributed by atoms with Crippen molar-refractivity contribution in [1.82, 2.24) is 0 Å². The molecule has 0 saturated carbocycles. The molecule has 0 fully saturated rings. The highest BCUT2D eigenvalue weighted by atomic mass is 19.4. The van der Waals surface area contributed by atoms with Crippen LogP contribution >= 0.6 is 0 Å². The van der Waals surface area contributed by atoms with Crippen molar-refractivity contribution in [2.45, 2.75) is 44.6 Å². The van der Waals surface area contributed by atoms with Crippen molar-refractivity contribution < 1.29 is 45.8 Å². The molecule has 0 radical (unpaired) electrons. The predicted octanol–water partition coefficient (Wildman–Crippen LogP) is 5.71.